The minimum Gasteiger partial charge on any atom is -0.467 e. The molecule has 18 heavy (non-hydrogen) atoms. The van der Waals surface area contributed by atoms with Crippen molar-refractivity contribution in [2.45, 2.75) is 19.9 Å². The van der Waals surface area contributed by atoms with E-state index < -0.39 is 17.9 Å². The summed E-state index contributed by atoms with van der Waals surface area (Å²) in [6.45, 7) is 3.66. The second-order valence-electron chi connectivity index (χ2n) is 4.05. The molecule has 6 heteroatoms. The molecule has 1 rings (SSSR count). The van der Waals surface area contributed by atoms with Crippen LogP contribution in [0.4, 0.5) is 0 Å². The Labute approximate surface area is 114 Å². The van der Waals surface area contributed by atoms with Gasteiger partial charge in [0.15, 0.2) is 0 Å². The summed E-state index contributed by atoms with van der Waals surface area (Å²) >= 11 is 3.24. The van der Waals surface area contributed by atoms with Crippen molar-refractivity contribution in [3.63, 3.8) is 0 Å². The van der Waals surface area contributed by atoms with E-state index in [1.807, 2.05) is 13.8 Å². The first-order valence-corrected chi connectivity index (χ1v) is 6.26. The van der Waals surface area contributed by atoms with Crippen LogP contribution in [0, 0.1) is 5.92 Å². The molecular weight excluding hydrogens is 300 g/mol. The van der Waals surface area contributed by atoms with Gasteiger partial charge in [0.1, 0.15) is 11.7 Å². The highest BCUT2D eigenvalue weighted by atomic mass is 79.9. The lowest BCUT2D eigenvalue weighted by Crippen LogP contribution is -2.45. The standard InChI is InChI=1S/C12H15BrN2O3/c1-7(2)9(12(17)18-3)15-11(16)10-8(13)5-4-6-14-10/h4-7,9H,1-3H3,(H,15,16)/t9-/m0/s1. The summed E-state index contributed by atoms with van der Waals surface area (Å²) in [6.07, 6.45) is 1.52. The number of hydrogen-bond donors (Lipinski definition) is 1. The van der Waals surface area contributed by atoms with Gasteiger partial charge in [-0.25, -0.2) is 9.78 Å². The minimum absolute atomic E-state index is 0.0658. The number of esters is 1. The predicted octanol–water partition coefficient (Wildman–Crippen LogP) is 1.77. The monoisotopic (exact) mass is 314 g/mol. The number of methoxy groups -OCH3 is 1. The fourth-order valence-corrected chi connectivity index (χ4v) is 1.82. The van der Waals surface area contributed by atoms with Gasteiger partial charge in [-0.15, -0.1) is 0 Å². The molecule has 0 unspecified atom stereocenters. The SMILES string of the molecule is COC(=O)[C@@H](NC(=O)c1ncccc1Br)C(C)C. The maximum Gasteiger partial charge on any atom is 0.328 e. The lowest BCUT2D eigenvalue weighted by atomic mass is 10.0. The van der Waals surface area contributed by atoms with Crippen molar-refractivity contribution in [2.75, 3.05) is 7.11 Å². The number of carbonyl (C=O) groups is 2. The van der Waals surface area contributed by atoms with Gasteiger partial charge in [-0.1, -0.05) is 13.8 Å². The molecule has 0 fully saturated rings. The molecule has 1 heterocycles. The van der Waals surface area contributed by atoms with Crippen molar-refractivity contribution >= 4 is 27.8 Å². The number of nitrogens with zero attached hydrogens (tertiary/aromatic N) is 1. The summed E-state index contributed by atoms with van der Waals surface area (Å²) in [6, 6.07) is 2.74. The van der Waals surface area contributed by atoms with Gasteiger partial charge >= 0.3 is 5.97 Å². The second-order valence-corrected chi connectivity index (χ2v) is 4.91. The number of pyridine rings is 1. The molecule has 0 spiro atoms. The third kappa shape index (κ3) is 3.53. The molecule has 0 radical (unpaired) electrons. The summed E-state index contributed by atoms with van der Waals surface area (Å²) in [7, 11) is 1.29. The zero-order valence-corrected chi connectivity index (χ0v) is 12.0. The van der Waals surface area contributed by atoms with Crippen LogP contribution in [0.3, 0.4) is 0 Å². The summed E-state index contributed by atoms with van der Waals surface area (Å²) in [5.41, 5.74) is 0.243. The van der Waals surface area contributed by atoms with Crippen LogP contribution in [0.2, 0.25) is 0 Å². The fourth-order valence-electron chi connectivity index (χ4n) is 1.39. The topological polar surface area (TPSA) is 68.3 Å². The van der Waals surface area contributed by atoms with Gasteiger partial charge in [-0.2, -0.15) is 0 Å². The van der Waals surface area contributed by atoms with Crippen molar-refractivity contribution in [3.05, 3.63) is 28.5 Å². The Kier molecular flexibility index (Phi) is 5.27. The normalized spacial score (nSPS) is 12.1. The highest BCUT2D eigenvalue weighted by Gasteiger charge is 2.26. The molecule has 1 atom stereocenters. The van der Waals surface area contributed by atoms with Crippen molar-refractivity contribution in [2.24, 2.45) is 5.92 Å². The van der Waals surface area contributed by atoms with E-state index in [1.165, 1.54) is 13.3 Å². The van der Waals surface area contributed by atoms with Crippen LogP contribution in [0.15, 0.2) is 22.8 Å². The number of carbonyl (C=O) groups excluding carboxylic acids is 2. The van der Waals surface area contributed by atoms with E-state index in [0.29, 0.717) is 4.47 Å². The molecule has 0 aliphatic carbocycles. The molecule has 1 amide bonds. The van der Waals surface area contributed by atoms with E-state index in [1.54, 1.807) is 12.1 Å². The van der Waals surface area contributed by atoms with Crippen molar-refractivity contribution in [3.8, 4) is 0 Å². The van der Waals surface area contributed by atoms with Crippen molar-refractivity contribution in [1.82, 2.24) is 10.3 Å². The summed E-state index contributed by atoms with van der Waals surface area (Å²) in [5.74, 6) is -0.944. The Hall–Kier alpha value is -1.43. The Morgan fingerprint density at radius 2 is 2.11 bits per heavy atom. The molecule has 0 aliphatic heterocycles. The van der Waals surface area contributed by atoms with Gasteiger partial charge < -0.3 is 10.1 Å². The molecule has 1 N–H and O–H groups in total. The van der Waals surface area contributed by atoms with Crippen molar-refractivity contribution < 1.29 is 14.3 Å². The third-order valence-electron chi connectivity index (χ3n) is 2.38. The van der Waals surface area contributed by atoms with Crippen LogP contribution < -0.4 is 5.32 Å². The lowest BCUT2D eigenvalue weighted by Gasteiger charge is -2.19. The lowest BCUT2D eigenvalue weighted by molar-refractivity contribution is -0.144. The summed E-state index contributed by atoms with van der Waals surface area (Å²) in [4.78, 5) is 27.5. The van der Waals surface area contributed by atoms with Gasteiger partial charge in [0.25, 0.3) is 5.91 Å². The van der Waals surface area contributed by atoms with Crippen LogP contribution in [-0.2, 0) is 9.53 Å². The van der Waals surface area contributed by atoms with Crippen LogP contribution in [-0.4, -0.2) is 30.0 Å². The molecule has 0 aliphatic rings. The Bertz CT molecular complexity index is 449. The van der Waals surface area contributed by atoms with E-state index in [9.17, 15) is 9.59 Å². The number of nitrogens with one attached hydrogen (secondary N) is 1. The fraction of sp³-hybridized carbons (Fsp3) is 0.417. The number of ether oxygens (including phenoxy) is 1. The quantitative estimate of drug-likeness (QED) is 0.860. The Morgan fingerprint density at radius 1 is 1.44 bits per heavy atom. The van der Waals surface area contributed by atoms with E-state index in [-0.39, 0.29) is 11.6 Å². The van der Waals surface area contributed by atoms with Crippen LogP contribution in [0.25, 0.3) is 0 Å². The summed E-state index contributed by atoms with van der Waals surface area (Å²) in [5, 5.41) is 2.62. The largest absolute Gasteiger partial charge is 0.467 e. The molecule has 1 aromatic rings. The number of aromatic nitrogens is 1. The van der Waals surface area contributed by atoms with E-state index in [2.05, 4.69) is 31.0 Å². The first-order valence-electron chi connectivity index (χ1n) is 5.46. The van der Waals surface area contributed by atoms with Gasteiger partial charge in [-0.3, -0.25) is 4.79 Å². The molecule has 0 bridgehead atoms. The molecule has 0 aromatic carbocycles. The number of hydrogen-bond acceptors (Lipinski definition) is 4. The first-order chi connectivity index (χ1) is 8.47. The molecule has 0 saturated carbocycles. The van der Waals surface area contributed by atoms with Gasteiger partial charge in [0.05, 0.1) is 7.11 Å². The van der Waals surface area contributed by atoms with Gasteiger partial charge in [0.2, 0.25) is 0 Å². The van der Waals surface area contributed by atoms with Crippen LogP contribution >= 0.6 is 15.9 Å². The Balaban J connectivity index is 2.86. The predicted molar refractivity (Wildman–Crippen MR) is 70.0 cm³/mol. The third-order valence-corrected chi connectivity index (χ3v) is 3.02. The van der Waals surface area contributed by atoms with E-state index >= 15 is 0 Å². The maximum absolute atomic E-state index is 12.0. The number of rotatable bonds is 4. The van der Waals surface area contributed by atoms with Crippen LogP contribution in [0.5, 0.6) is 0 Å². The smallest absolute Gasteiger partial charge is 0.328 e. The van der Waals surface area contributed by atoms with Gasteiger partial charge in [0, 0.05) is 10.7 Å². The molecular formula is C12H15BrN2O3. The molecule has 1 aromatic heterocycles. The van der Waals surface area contributed by atoms with Gasteiger partial charge in [-0.05, 0) is 34.0 Å². The van der Waals surface area contributed by atoms with Crippen molar-refractivity contribution in [1.29, 1.82) is 0 Å². The summed E-state index contributed by atoms with van der Waals surface area (Å²) < 4.78 is 5.23. The molecule has 0 saturated heterocycles. The highest BCUT2D eigenvalue weighted by Crippen LogP contribution is 2.14. The van der Waals surface area contributed by atoms with Crippen LogP contribution in [0.1, 0.15) is 24.3 Å². The maximum atomic E-state index is 12.0. The van der Waals surface area contributed by atoms with E-state index in [0.717, 1.165) is 0 Å². The average molecular weight is 315 g/mol. The number of halogens is 1. The zero-order chi connectivity index (χ0) is 13.7. The zero-order valence-electron chi connectivity index (χ0n) is 10.4. The highest BCUT2D eigenvalue weighted by molar-refractivity contribution is 9.10. The number of amides is 1. The average Bonchev–Trinajstić information content (AvgIpc) is 2.35. The molecule has 98 valence electrons. The molecule has 5 nitrogen and oxygen atoms in total. The van der Waals surface area contributed by atoms with E-state index in [4.69, 9.17) is 0 Å². The second kappa shape index (κ2) is 6.49. The minimum atomic E-state index is -0.684. The first kappa shape index (κ1) is 14.6. The Morgan fingerprint density at radius 3 is 2.61 bits per heavy atom.